The third-order valence-corrected chi connectivity index (χ3v) is 6.06. The minimum atomic E-state index is -2.23. The summed E-state index contributed by atoms with van der Waals surface area (Å²) in [7, 11) is 0. The van der Waals surface area contributed by atoms with E-state index in [0.717, 1.165) is 18.4 Å². The lowest BCUT2D eigenvalue weighted by molar-refractivity contribution is -0.519. The third kappa shape index (κ3) is 5.36. The topological polar surface area (TPSA) is 116 Å². The summed E-state index contributed by atoms with van der Waals surface area (Å²) >= 11 is 0. The molecule has 0 unspecified atom stereocenters. The predicted octanol–water partition coefficient (Wildman–Crippen LogP) is 2.88. The Morgan fingerprint density at radius 2 is 1.87 bits per heavy atom. The predicted molar refractivity (Wildman–Crippen MR) is 109 cm³/mol. The van der Waals surface area contributed by atoms with Crippen molar-refractivity contribution in [2.75, 3.05) is 6.61 Å². The van der Waals surface area contributed by atoms with Gasteiger partial charge in [0.15, 0.2) is 0 Å². The lowest BCUT2D eigenvalue weighted by Crippen LogP contribution is -2.50. The van der Waals surface area contributed by atoms with Crippen LogP contribution in [0.15, 0.2) is 30.3 Å². The van der Waals surface area contributed by atoms with Gasteiger partial charge in [0.25, 0.3) is 0 Å². The number of rotatable bonds is 8. The van der Waals surface area contributed by atoms with Crippen molar-refractivity contribution in [3.63, 3.8) is 0 Å². The zero-order valence-corrected chi connectivity index (χ0v) is 17.9. The van der Waals surface area contributed by atoms with Crippen LogP contribution in [0, 0.1) is 22.0 Å². The smallest absolute Gasteiger partial charge is 0.385 e. The lowest BCUT2D eigenvalue weighted by atomic mass is 9.64. The van der Waals surface area contributed by atoms with Gasteiger partial charge in [-0.25, -0.2) is 9.59 Å². The van der Waals surface area contributed by atoms with E-state index in [9.17, 15) is 24.8 Å². The summed E-state index contributed by atoms with van der Waals surface area (Å²) in [5, 5.41) is 21.5. The van der Waals surface area contributed by atoms with Crippen LogP contribution >= 0.6 is 0 Å². The van der Waals surface area contributed by atoms with E-state index in [1.807, 2.05) is 30.3 Å². The van der Waals surface area contributed by atoms with Gasteiger partial charge in [0, 0.05) is 10.8 Å². The van der Waals surface area contributed by atoms with Gasteiger partial charge in [-0.3, -0.25) is 10.1 Å². The number of esters is 2. The molecule has 1 saturated carbocycles. The Morgan fingerprint density at radius 1 is 1.23 bits per heavy atom. The van der Waals surface area contributed by atoms with Crippen LogP contribution in [0.1, 0.15) is 52.5 Å². The van der Waals surface area contributed by atoms with Crippen molar-refractivity contribution in [1.82, 2.24) is 0 Å². The number of benzene rings is 1. The summed E-state index contributed by atoms with van der Waals surface area (Å²) in [4.78, 5) is 34.7. The molecule has 1 N–H and O–H groups in total. The van der Waals surface area contributed by atoms with Gasteiger partial charge in [0.05, 0.1) is 6.61 Å². The highest BCUT2D eigenvalue weighted by atomic mass is 16.6. The maximum Gasteiger partial charge on any atom is 0.385 e. The van der Waals surface area contributed by atoms with Crippen LogP contribution in [0.4, 0.5) is 0 Å². The highest BCUT2D eigenvalue weighted by molar-refractivity contribution is 5.85. The number of ether oxygens (including phenoxy) is 2. The molecule has 0 aliphatic heterocycles. The molecule has 1 fully saturated rings. The minimum Gasteiger partial charge on any atom is -0.461 e. The third-order valence-electron chi connectivity index (χ3n) is 6.06. The highest BCUT2D eigenvalue weighted by Gasteiger charge is 2.47. The van der Waals surface area contributed by atoms with E-state index in [-0.39, 0.29) is 17.9 Å². The molecule has 0 bridgehead atoms. The van der Waals surface area contributed by atoms with Gasteiger partial charge in [-0.15, -0.1) is 0 Å². The summed E-state index contributed by atoms with van der Waals surface area (Å²) in [6.45, 7) is 7.61. The molecular weight excluding hydrogens is 390 g/mol. The number of hydrogen-bond acceptors (Lipinski definition) is 7. The highest BCUT2D eigenvalue weighted by Crippen LogP contribution is 2.43. The van der Waals surface area contributed by atoms with Gasteiger partial charge in [-0.2, -0.15) is 0 Å². The van der Waals surface area contributed by atoms with Gasteiger partial charge in [-0.05, 0) is 36.7 Å². The van der Waals surface area contributed by atoms with E-state index >= 15 is 0 Å². The van der Waals surface area contributed by atoms with Gasteiger partial charge in [0.2, 0.25) is 6.10 Å². The van der Waals surface area contributed by atoms with Crippen LogP contribution in [0.3, 0.4) is 0 Å². The number of nitrogens with zero attached hydrogens (tertiary/aromatic N) is 1. The molecule has 0 aromatic heterocycles. The fraction of sp³-hybridized carbons (Fsp3) is 0.636. The van der Waals surface area contributed by atoms with E-state index in [4.69, 9.17) is 4.74 Å². The summed E-state index contributed by atoms with van der Waals surface area (Å²) in [6, 6.07) is 7.68. The normalized spacial score (nSPS) is 23.8. The second-order valence-electron chi connectivity index (χ2n) is 8.51. The SMILES string of the molecule is CCOC(=O)[C@H]([C@H](O)C(=O)O[C@@H]1C[C@H](C)CC[C@H]1C(C)(C)c1ccccc1)[N+](=O)[O-]. The molecule has 30 heavy (non-hydrogen) atoms. The molecule has 0 saturated heterocycles. The van der Waals surface area contributed by atoms with E-state index < -0.39 is 35.1 Å². The Hall–Kier alpha value is -2.48. The van der Waals surface area contributed by atoms with Gasteiger partial charge in [0.1, 0.15) is 6.10 Å². The van der Waals surface area contributed by atoms with Crippen LogP contribution < -0.4 is 0 Å². The van der Waals surface area contributed by atoms with Crippen molar-refractivity contribution in [3.05, 3.63) is 46.0 Å². The molecule has 0 spiro atoms. The van der Waals surface area contributed by atoms with Crippen molar-refractivity contribution in [2.24, 2.45) is 11.8 Å². The number of carbonyl (C=O) groups is 2. The first kappa shape index (κ1) is 23.8. The van der Waals surface area contributed by atoms with Crippen molar-refractivity contribution in [2.45, 2.75) is 70.6 Å². The molecule has 1 aromatic carbocycles. The van der Waals surface area contributed by atoms with Gasteiger partial charge in [-0.1, -0.05) is 57.5 Å². The molecule has 0 amide bonds. The molecule has 8 heteroatoms. The van der Waals surface area contributed by atoms with E-state index in [2.05, 4.69) is 25.5 Å². The number of aliphatic hydroxyl groups excluding tert-OH is 1. The lowest BCUT2D eigenvalue weighted by Gasteiger charge is -2.44. The Balaban J connectivity index is 2.22. The Bertz CT molecular complexity index is 749. The molecular formula is C22H31NO7. The largest absolute Gasteiger partial charge is 0.461 e. The summed E-state index contributed by atoms with van der Waals surface area (Å²) in [5.41, 5.74) is 0.779. The fourth-order valence-electron chi connectivity index (χ4n) is 4.27. The molecule has 1 aromatic rings. The molecule has 5 atom stereocenters. The molecule has 0 radical (unpaired) electrons. The summed E-state index contributed by atoms with van der Waals surface area (Å²) < 4.78 is 10.2. The zero-order chi connectivity index (χ0) is 22.5. The van der Waals surface area contributed by atoms with Crippen LogP contribution in [-0.4, -0.2) is 46.8 Å². The fourth-order valence-corrected chi connectivity index (χ4v) is 4.27. The van der Waals surface area contributed by atoms with Crippen molar-refractivity contribution < 1.29 is 29.1 Å². The maximum absolute atomic E-state index is 12.6. The monoisotopic (exact) mass is 421 g/mol. The average Bonchev–Trinajstić information content (AvgIpc) is 2.68. The molecule has 8 nitrogen and oxygen atoms in total. The standard InChI is InChI=1S/C22H31NO7/c1-5-29-20(25)18(23(27)28)19(24)21(26)30-17-13-14(2)11-12-16(17)22(3,4)15-9-7-6-8-10-15/h6-10,14,16-19,24H,5,11-13H2,1-4H3/t14-,16-,17-,18+,19+/m1/s1. The van der Waals surface area contributed by atoms with E-state index in [0.29, 0.717) is 12.3 Å². The molecule has 1 aliphatic rings. The quantitative estimate of drug-likeness (QED) is 0.390. The van der Waals surface area contributed by atoms with Gasteiger partial charge >= 0.3 is 18.0 Å². The molecule has 2 rings (SSSR count). The van der Waals surface area contributed by atoms with Crippen molar-refractivity contribution in [1.29, 1.82) is 0 Å². The minimum absolute atomic E-state index is 0.0381. The van der Waals surface area contributed by atoms with Crippen LogP contribution in [-0.2, 0) is 24.5 Å². The first-order valence-electron chi connectivity index (χ1n) is 10.3. The van der Waals surface area contributed by atoms with Crippen molar-refractivity contribution in [3.8, 4) is 0 Å². The van der Waals surface area contributed by atoms with Crippen LogP contribution in [0.5, 0.6) is 0 Å². The van der Waals surface area contributed by atoms with E-state index in [1.165, 1.54) is 6.92 Å². The summed E-state index contributed by atoms with van der Waals surface area (Å²) in [5.74, 6) is -2.16. The number of hydrogen-bond donors (Lipinski definition) is 1. The Morgan fingerprint density at radius 3 is 2.43 bits per heavy atom. The first-order valence-corrected chi connectivity index (χ1v) is 10.3. The van der Waals surface area contributed by atoms with Crippen LogP contribution in [0.25, 0.3) is 0 Å². The average molecular weight is 421 g/mol. The second kappa shape index (κ2) is 10.0. The Labute approximate surface area is 176 Å². The molecule has 166 valence electrons. The number of aliphatic hydroxyl groups is 1. The second-order valence-corrected chi connectivity index (χ2v) is 8.51. The zero-order valence-electron chi connectivity index (χ0n) is 17.9. The number of carbonyl (C=O) groups excluding carboxylic acids is 2. The molecule has 0 heterocycles. The summed E-state index contributed by atoms with van der Waals surface area (Å²) in [6.07, 6.45) is -0.384. The van der Waals surface area contributed by atoms with Crippen molar-refractivity contribution >= 4 is 11.9 Å². The van der Waals surface area contributed by atoms with Gasteiger partial charge < -0.3 is 14.6 Å². The maximum atomic E-state index is 12.6. The first-order chi connectivity index (χ1) is 14.1. The van der Waals surface area contributed by atoms with E-state index in [1.54, 1.807) is 0 Å². The number of nitro groups is 1. The Kier molecular flexibility index (Phi) is 7.95. The molecule has 1 aliphatic carbocycles. The van der Waals surface area contributed by atoms with Crippen LogP contribution in [0.2, 0.25) is 0 Å².